The normalized spacial score (nSPS) is 11.6. The highest BCUT2D eigenvalue weighted by Crippen LogP contribution is 2.18. The van der Waals surface area contributed by atoms with Crippen molar-refractivity contribution in [3.63, 3.8) is 0 Å². The van der Waals surface area contributed by atoms with Crippen molar-refractivity contribution >= 4 is 0 Å². The van der Waals surface area contributed by atoms with Crippen molar-refractivity contribution in [3.8, 4) is 0 Å². The summed E-state index contributed by atoms with van der Waals surface area (Å²) in [4.78, 5) is 19.2. The van der Waals surface area contributed by atoms with E-state index in [-0.39, 0.29) is 22.5 Å². The number of allylic oxidation sites excluding steroid dienone is 2. The van der Waals surface area contributed by atoms with Gasteiger partial charge in [-0.3, -0.25) is 20.2 Å². The van der Waals surface area contributed by atoms with Gasteiger partial charge in [0, 0.05) is 11.1 Å². The number of rotatable bonds is 4. The third kappa shape index (κ3) is 2.51. The van der Waals surface area contributed by atoms with E-state index in [1.54, 1.807) is 0 Å². The first-order chi connectivity index (χ1) is 6.29. The van der Waals surface area contributed by atoms with Gasteiger partial charge in [0.25, 0.3) is 11.4 Å². The monoisotopic (exact) mass is 198 g/mol. The molecule has 0 spiro atoms. The average Bonchev–Trinajstić information content (AvgIpc) is 2.12. The lowest BCUT2D eigenvalue weighted by Crippen LogP contribution is -2.05. The molecule has 0 aromatic carbocycles. The second-order valence-electron chi connectivity index (χ2n) is 2.66. The molecule has 0 N–H and O–H groups in total. The highest BCUT2D eigenvalue weighted by atomic mass is 16.6. The zero-order valence-electron chi connectivity index (χ0n) is 7.94. The molecule has 0 saturated carbocycles. The highest BCUT2D eigenvalue weighted by molar-refractivity contribution is 5.34. The molecule has 76 valence electrons. The van der Waals surface area contributed by atoms with Crippen LogP contribution in [0.25, 0.3) is 0 Å². The molecule has 0 bridgehead atoms. The first-order valence-electron chi connectivity index (χ1n) is 3.63. The highest BCUT2D eigenvalue weighted by Gasteiger charge is 2.18. The predicted octanol–water partition coefficient (Wildman–Crippen LogP) is 1.90. The maximum atomic E-state index is 10.3. The number of hydrogen-bond acceptors (Lipinski definition) is 4. The van der Waals surface area contributed by atoms with Crippen LogP contribution in [0.2, 0.25) is 0 Å². The van der Waals surface area contributed by atoms with Crippen LogP contribution in [0.1, 0.15) is 13.8 Å². The predicted molar refractivity (Wildman–Crippen MR) is 50.6 cm³/mol. The van der Waals surface area contributed by atoms with Crippen molar-refractivity contribution in [1.29, 1.82) is 0 Å². The fourth-order valence-electron chi connectivity index (χ4n) is 0.707. The summed E-state index contributed by atoms with van der Waals surface area (Å²) in [7, 11) is 0. The zero-order chi connectivity index (χ0) is 11.5. The molecule has 0 fully saturated rings. The summed E-state index contributed by atoms with van der Waals surface area (Å²) in [5.41, 5.74) is -0.385. The minimum absolute atomic E-state index is 0.164. The van der Waals surface area contributed by atoms with Gasteiger partial charge in [0.05, 0.1) is 9.85 Å². The van der Waals surface area contributed by atoms with Crippen LogP contribution in [0, 0.1) is 20.2 Å². The van der Waals surface area contributed by atoms with Crippen LogP contribution in [0.4, 0.5) is 0 Å². The Morgan fingerprint density at radius 2 is 1.14 bits per heavy atom. The molecule has 0 saturated heterocycles. The van der Waals surface area contributed by atoms with Crippen molar-refractivity contribution in [1.82, 2.24) is 0 Å². The van der Waals surface area contributed by atoms with Gasteiger partial charge in [-0.25, -0.2) is 0 Å². The third-order valence-electron chi connectivity index (χ3n) is 1.87. The summed E-state index contributed by atoms with van der Waals surface area (Å²) in [6.07, 6.45) is 0. The lowest BCUT2D eigenvalue weighted by molar-refractivity contribution is -0.424. The topological polar surface area (TPSA) is 86.3 Å². The largest absolute Gasteiger partial charge is 0.265 e. The molecule has 0 radical (unpaired) electrons. The van der Waals surface area contributed by atoms with E-state index in [2.05, 4.69) is 13.2 Å². The summed E-state index contributed by atoms with van der Waals surface area (Å²) in [5.74, 6) is 0. The van der Waals surface area contributed by atoms with Crippen LogP contribution in [0.3, 0.4) is 0 Å². The summed E-state index contributed by atoms with van der Waals surface area (Å²) >= 11 is 0. The Morgan fingerprint density at radius 3 is 1.29 bits per heavy atom. The Morgan fingerprint density at radius 1 is 0.929 bits per heavy atom. The van der Waals surface area contributed by atoms with Gasteiger partial charge in [-0.2, -0.15) is 0 Å². The number of hydrogen-bond donors (Lipinski definition) is 0. The SMILES string of the molecule is C=C(/C(C)=C(\C)C(=C)[N+](=O)[O-])[N+](=O)[O-]. The molecule has 0 aromatic rings. The van der Waals surface area contributed by atoms with E-state index in [4.69, 9.17) is 0 Å². The molecule has 14 heavy (non-hydrogen) atoms. The third-order valence-corrected chi connectivity index (χ3v) is 1.87. The van der Waals surface area contributed by atoms with Gasteiger partial charge >= 0.3 is 0 Å². The van der Waals surface area contributed by atoms with Crippen LogP contribution in [0.5, 0.6) is 0 Å². The van der Waals surface area contributed by atoms with Crippen molar-refractivity contribution in [2.24, 2.45) is 0 Å². The van der Waals surface area contributed by atoms with Crippen LogP contribution in [-0.4, -0.2) is 9.85 Å². The van der Waals surface area contributed by atoms with Crippen molar-refractivity contribution in [3.05, 3.63) is 55.9 Å². The van der Waals surface area contributed by atoms with E-state index in [0.717, 1.165) is 0 Å². The second kappa shape index (κ2) is 4.31. The molecule has 6 heteroatoms. The van der Waals surface area contributed by atoms with Gasteiger partial charge in [-0.15, -0.1) is 0 Å². The molecular formula is C8H10N2O4. The van der Waals surface area contributed by atoms with Gasteiger partial charge in [0.1, 0.15) is 0 Å². The molecule has 0 aliphatic heterocycles. The van der Waals surface area contributed by atoms with Crippen LogP contribution < -0.4 is 0 Å². The first-order valence-corrected chi connectivity index (χ1v) is 3.63. The van der Waals surface area contributed by atoms with Crippen molar-refractivity contribution in [2.45, 2.75) is 13.8 Å². The number of nitro groups is 2. The Bertz CT molecular complexity index is 320. The molecule has 0 amide bonds. The maximum Gasteiger partial charge on any atom is 0.265 e. The molecule has 0 atom stereocenters. The first kappa shape index (κ1) is 12.0. The molecule has 0 aromatic heterocycles. The summed E-state index contributed by atoms with van der Waals surface area (Å²) in [6.45, 7) is 9.19. The molecule has 0 heterocycles. The smallest absolute Gasteiger partial charge is 0.258 e. The Balaban J connectivity index is 5.13. The van der Waals surface area contributed by atoms with E-state index in [0.29, 0.717) is 0 Å². The van der Waals surface area contributed by atoms with Crippen LogP contribution in [0.15, 0.2) is 35.7 Å². The molecule has 0 rings (SSSR count). The van der Waals surface area contributed by atoms with Crippen molar-refractivity contribution in [2.75, 3.05) is 0 Å². The van der Waals surface area contributed by atoms with E-state index in [9.17, 15) is 20.2 Å². The Hall–Kier alpha value is -1.98. The zero-order valence-corrected chi connectivity index (χ0v) is 7.94. The van der Waals surface area contributed by atoms with Gasteiger partial charge in [-0.1, -0.05) is 0 Å². The van der Waals surface area contributed by atoms with Gasteiger partial charge in [-0.05, 0) is 27.0 Å². The van der Waals surface area contributed by atoms with E-state index in [1.165, 1.54) is 13.8 Å². The Kier molecular flexibility index (Phi) is 3.70. The lowest BCUT2D eigenvalue weighted by atomic mass is 10.1. The second-order valence-corrected chi connectivity index (χ2v) is 2.66. The summed E-state index contributed by atoms with van der Waals surface area (Å²) in [6, 6.07) is 0. The van der Waals surface area contributed by atoms with Crippen LogP contribution >= 0.6 is 0 Å². The molecule has 0 aliphatic rings. The molecule has 0 unspecified atom stereocenters. The standard InChI is InChI=1S/C8H10N2O4/c1-5(7(3)9(11)12)6(2)8(4)10(13)14/h3-4H2,1-2H3/b6-5+. The van der Waals surface area contributed by atoms with E-state index < -0.39 is 9.85 Å². The Labute approximate surface area is 80.5 Å². The number of nitrogens with zero attached hydrogens (tertiary/aromatic N) is 2. The average molecular weight is 198 g/mol. The maximum absolute atomic E-state index is 10.3. The van der Waals surface area contributed by atoms with Gasteiger partial charge in [0.15, 0.2) is 0 Å². The molecule has 0 aliphatic carbocycles. The van der Waals surface area contributed by atoms with E-state index >= 15 is 0 Å². The summed E-state index contributed by atoms with van der Waals surface area (Å²) in [5, 5.41) is 20.6. The minimum atomic E-state index is -0.688. The summed E-state index contributed by atoms with van der Waals surface area (Å²) < 4.78 is 0. The van der Waals surface area contributed by atoms with Gasteiger partial charge < -0.3 is 0 Å². The van der Waals surface area contributed by atoms with Crippen molar-refractivity contribution < 1.29 is 9.85 Å². The fraction of sp³-hybridized carbons (Fsp3) is 0.250. The van der Waals surface area contributed by atoms with E-state index in [1.807, 2.05) is 0 Å². The minimum Gasteiger partial charge on any atom is -0.258 e. The molecular weight excluding hydrogens is 188 g/mol. The van der Waals surface area contributed by atoms with Gasteiger partial charge in [0.2, 0.25) is 0 Å². The quantitative estimate of drug-likeness (QED) is 0.392. The fourth-order valence-corrected chi connectivity index (χ4v) is 0.707. The molecule has 6 nitrogen and oxygen atoms in total. The lowest BCUT2D eigenvalue weighted by Gasteiger charge is -2.01. The van der Waals surface area contributed by atoms with Crippen LogP contribution in [-0.2, 0) is 0 Å².